The molecule has 24 heavy (non-hydrogen) atoms. The van der Waals surface area contributed by atoms with Crippen molar-refractivity contribution in [1.29, 1.82) is 0 Å². The maximum Gasteiger partial charge on any atom is 0.123 e. The van der Waals surface area contributed by atoms with Crippen LogP contribution in [-0.2, 0) is 10.8 Å². The van der Waals surface area contributed by atoms with Crippen LogP contribution in [0.15, 0.2) is 36.4 Å². The molecule has 0 spiro atoms. The smallest absolute Gasteiger partial charge is 0.123 e. The first kappa shape index (κ1) is 18.8. The predicted molar refractivity (Wildman–Crippen MR) is 106 cm³/mol. The lowest BCUT2D eigenvalue weighted by Gasteiger charge is -2.25. The van der Waals surface area contributed by atoms with Gasteiger partial charge in [0.1, 0.15) is 11.5 Å². The van der Waals surface area contributed by atoms with Crippen molar-refractivity contribution in [3.05, 3.63) is 47.5 Å². The van der Waals surface area contributed by atoms with E-state index in [1.807, 2.05) is 12.1 Å². The highest BCUT2D eigenvalue weighted by Gasteiger charge is 2.22. The van der Waals surface area contributed by atoms with Crippen LogP contribution in [0.2, 0.25) is 0 Å². The summed E-state index contributed by atoms with van der Waals surface area (Å²) in [6.45, 7) is 15.1. The van der Waals surface area contributed by atoms with Gasteiger partial charge in [-0.05, 0) is 60.8 Å². The summed E-state index contributed by atoms with van der Waals surface area (Å²) in [4.78, 5) is 0. The van der Waals surface area contributed by atoms with Crippen LogP contribution in [-0.4, -0.2) is 16.9 Å². The predicted octanol–water partition coefficient (Wildman–Crippen LogP) is 4.76. The summed E-state index contributed by atoms with van der Waals surface area (Å²) in [6.07, 6.45) is 0. The standard InChI is InChI=1S/C21H29O2P/c1-20(2,3)14-8-10-16(22)18(12-14)24(7)19-13-15(21(4,5)6)9-11-17(19)23/h8-13,22-23H,1-7H3. The Hall–Kier alpha value is -1.53. The van der Waals surface area contributed by atoms with Gasteiger partial charge in [-0.15, -0.1) is 0 Å². The number of benzene rings is 2. The van der Waals surface area contributed by atoms with E-state index in [0.29, 0.717) is 11.5 Å². The largest absolute Gasteiger partial charge is 0.507 e. The lowest BCUT2D eigenvalue weighted by Crippen LogP contribution is -2.19. The molecule has 0 aliphatic rings. The fraction of sp³-hybridized carbons (Fsp3) is 0.429. The fourth-order valence-electron chi connectivity index (χ4n) is 2.65. The Bertz CT molecular complexity index is 673. The summed E-state index contributed by atoms with van der Waals surface area (Å²) in [6, 6.07) is 11.7. The van der Waals surface area contributed by atoms with Gasteiger partial charge in [0.2, 0.25) is 0 Å². The van der Waals surface area contributed by atoms with Crippen molar-refractivity contribution in [2.24, 2.45) is 0 Å². The molecular formula is C21H29O2P. The number of aromatic hydroxyl groups is 2. The Kier molecular flexibility index (Phi) is 5.02. The van der Waals surface area contributed by atoms with Gasteiger partial charge in [-0.25, -0.2) is 0 Å². The quantitative estimate of drug-likeness (QED) is 0.772. The molecular weight excluding hydrogens is 315 g/mol. The number of phenolic OH excluding ortho intramolecular Hbond substituents is 2. The Morgan fingerprint density at radius 2 is 1.00 bits per heavy atom. The highest BCUT2D eigenvalue weighted by molar-refractivity contribution is 7.72. The average molecular weight is 344 g/mol. The van der Waals surface area contributed by atoms with Crippen LogP contribution in [0, 0.1) is 0 Å². The molecule has 0 heterocycles. The Morgan fingerprint density at radius 1 is 0.667 bits per heavy atom. The van der Waals surface area contributed by atoms with Crippen LogP contribution < -0.4 is 10.6 Å². The van der Waals surface area contributed by atoms with E-state index in [4.69, 9.17) is 0 Å². The zero-order chi connectivity index (χ0) is 18.3. The molecule has 3 heteroatoms. The van der Waals surface area contributed by atoms with Crippen molar-refractivity contribution in [2.45, 2.75) is 52.4 Å². The van der Waals surface area contributed by atoms with Gasteiger partial charge in [0.15, 0.2) is 0 Å². The summed E-state index contributed by atoms with van der Waals surface area (Å²) >= 11 is 0. The summed E-state index contributed by atoms with van der Waals surface area (Å²) in [7, 11) is -0.839. The second kappa shape index (κ2) is 6.41. The van der Waals surface area contributed by atoms with Gasteiger partial charge in [0, 0.05) is 10.6 Å². The molecule has 2 aromatic rings. The fourth-order valence-corrected chi connectivity index (χ4v) is 4.41. The van der Waals surface area contributed by atoms with E-state index in [2.05, 4.69) is 60.3 Å². The van der Waals surface area contributed by atoms with Gasteiger partial charge in [-0.3, -0.25) is 0 Å². The van der Waals surface area contributed by atoms with Crippen molar-refractivity contribution < 1.29 is 10.2 Å². The monoisotopic (exact) mass is 344 g/mol. The van der Waals surface area contributed by atoms with Crippen LogP contribution in [0.1, 0.15) is 52.7 Å². The molecule has 0 bridgehead atoms. The molecule has 0 aliphatic carbocycles. The molecule has 2 aromatic carbocycles. The van der Waals surface area contributed by atoms with Crippen LogP contribution in [0.5, 0.6) is 11.5 Å². The van der Waals surface area contributed by atoms with E-state index in [0.717, 1.165) is 10.6 Å². The third-order valence-electron chi connectivity index (χ3n) is 4.41. The number of rotatable bonds is 2. The SMILES string of the molecule is CP(c1cc(C(C)(C)C)ccc1O)c1cc(C(C)(C)C)ccc1O. The zero-order valence-electron chi connectivity index (χ0n) is 15.8. The minimum Gasteiger partial charge on any atom is -0.507 e. The van der Waals surface area contributed by atoms with Gasteiger partial charge >= 0.3 is 0 Å². The van der Waals surface area contributed by atoms with Gasteiger partial charge in [-0.1, -0.05) is 53.7 Å². The number of hydrogen-bond acceptors (Lipinski definition) is 2. The van der Waals surface area contributed by atoms with Crippen LogP contribution in [0.25, 0.3) is 0 Å². The second-order valence-electron chi connectivity index (χ2n) is 8.47. The maximum atomic E-state index is 10.4. The van der Waals surface area contributed by atoms with E-state index in [9.17, 15) is 10.2 Å². The summed E-state index contributed by atoms with van der Waals surface area (Å²) in [5, 5.41) is 22.6. The lowest BCUT2D eigenvalue weighted by atomic mass is 9.87. The summed E-state index contributed by atoms with van der Waals surface area (Å²) in [5.41, 5.74) is 2.43. The first-order chi connectivity index (χ1) is 10.9. The summed E-state index contributed by atoms with van der Waals surface area (Å²) in [5.74, 6) is 0.606. The van der Waals surface area contributed by atoms with Crippen molar-refractivity contribution in [3.8, 4) is 11.5 Å². The van der Waals surface area contributed by atoms with E-state index in [1.54, 1.807) is 12.1 Å². The van der Waals surface area contributed by atoms with E-state index in [1.165, 1.54) is 11.1 Å². The Morgan fingerprint density at radius 3 is 1.29 bits per heavy atom. The molecule has 2 rings (SSSR count). The highest BCUT2D eigenvalue weighted by atomic mass is 31.1. The molecule has 130 valence electrons. The van der Waals surface area contributed by atoms with Crippen molar-refractivity contribution >= 4 is 18.5 Å². The molecule has 0 saturated carbocycles. The molecule has 0 saturated heterocycles. The van der Waals surface area contributed by atoms with Gasteiger partial charge in [-0.2, -0.15) is 0 Å². The van der Waals surface area contributed by atoms with Gasteiger partial charge in [0.25, 0.3) is 0 Å². The first-order valence-electron chi connectivity index (χ1n) is 8.32. The van der Waals surface area contributed by atoms with Crippen molar-refractivity contribution in [3.63, 3.8) is 0 Å². The summed E-state index contributed by atoms with van der Waals surface area (Å²) < 4.78 is 0. The molecule has 0 aromatic heterocycles. The molecule has 2 nitrogen and oxygen atoms in total. The molecule has 0 fully saturated rings. The minimum atomic E-state index is -0.839. The zero-order valence-corrected chi connectivity index (χ0v) is 16.7. The molecule has 0 radical (unpaired) electrons. The Balaban J connectivity index is 2.55. The van der Waals surface area contributed by atoms with E-state index in [-0.39, 0.29) is 10.8 Å². The van der Waals surface area contributed by atoms with Crippen molar-refractivity contribution in [1.82, 2.24) is 0 Å². The third-order valence-corrected chi connectivity index (χ3v) is 6.57. The van der Waals surface area contributed by atoms with Gasteiger partial charge < -0.3 is 10.2 Å². The molecule has 0 aliphatic heterocycles. The van der Waals surface area contributed by atoms with E-state index >= 15 is 0 Å². The first-order valence-corrected chi connectivity index (χ1v) is 10.1. The minimum absolute atomic E-state index is 0.0218. The number of hydrogen-bond donors (Lipinski definition) is 2. The normalized spacial score (nSPS) is 12.7. The molecule has 2 N–H and O–H groups in total. The Labute approximate surface area is 147 Å². The van der Waals surface area contributed by atoms with Gasteiger partial charge in [0.05, 0.1) is 0 Å². The topological polar surface area (TPSA) is 40.5 Å². The highest BCUT2D eigenvalue weighted by Crippen LogP contribution is 2.39. The van der Waals surface area contributed by atoms with Crippen LogP contribution in [0.3, 0.4) is 0 Å². The molecule has 0 atom stereocenters. The van der Waals surface area contributed by atoms with E-state index < -0.39 is 7.92 Å². The molecule has 0 amide bonds. The third kappa shape index (κ3) is 3.92. The average Bonchev–Trinajstić information content (AvgIpc) is 2.45. The maximum absolute atomic E-state index is 10.4. The lowest BCUT2D eigenvalue weighted by molar-refractivity contribution is 0.478. The van der Waals surface area contributed by atoms with Crippen LogP contribution >= 0.6 is 7.92 Å². The van der Waals surface area contributed by atoms with Crippen LogP contribution in [0.4, 0.5) is 0 Å². The number of phenols is 2. The molecule has 0 unspecified atom stereocenters. The second-order valence-corrected chi connectivity index (χ2v) is 10.5. The van der Waals surface area contributed by atoms with Crippen molar-refractivity contribution in [2.75, 3.05) is 6.66 Å².